The summed E-state index contributed by atoms with van der Waals surface area (Å²) < 4.78 is 90.3. The topological polar surface area (TPSA) is 94.4 Å². The van der Waals surface area contributed by atoms with Crippen LogP contribution >= 0.6 is 0 Å². The lowest BCUT2D eigenvalue weighted by Crippen LogP contribution is -2.11. The summed E-state index contributed by atoms with van der Waals surface area (Å²) in [5.41, 5.74) is 4.45. The molecule has 3 N–H and O–H groups in total. The fourth-order valence-corrected chi connectivity index (χ4v) is 3.07. The van der Waals surface area contributed by atoms with E-state index in [2.05, 4.69) is 10.1 Å². The van der Waals surface area contributed by atoms with Crippen molar-refractivity contribution in [2.45, 2.75) is 12.8 Å². The maximum Gasteiger partial charge on any atom is 0.416 e. The second-order valence-electron chi connectivity index (χ2n) is 7.02. The van der Waals surface area contributed by atoms with Gasteiger partial charge in [0.25, 0.3) is 5.89 Å². The van der Waals surface area contributed by atoms with Crippen LogP contribution in [-0.4, -0.2) is 15.2 Å². The Bertz CT molecular complexity index is 1370. The highest BCUT2D eigenvalue weighted by molar-refractivity contribution is 5.68. The summed E-state index contributed by atoms with van der Waals surface area (Å²) in [6.45, 7) is -0.529. The lowest BCUT2D eigenvalue weighted by atomic mass is 10.1. The number of nitrogens with two attached hydrogens (primary N) is 1. The average molecular weight is 481 g/mol. The first kappa shape index (κ1) is 23.0. The van der Waals surface area contributed by atoms with Crippen LogP contribution in [0.25, 0.3) is 22.8 Å². The third kappa shape index (κ3) is 4.47. The van der Waals surface area contributed by atoms with Crippen molar-refractivity contribution in [3.8, 4) is 34.3 Å². The molecule has 34 heavy (non-hydrogen) atoms. The zero-order valence-corrected chi connectivity index (χ0v) is 16.8. The molecule has 0 bridgehead atoms. The van der Waals surface area contributed by atoms with Crippen molar-refractivity contribution in [2.75, 3.05) is 5.73 Å². The van der Waals surface area contributed by atoms with E-state index in [0.717, 1.165) is 24.3 Å². The minimum Gasteiger partial charge on any atom is -0.503 e. The average Bonchev–Trinajstić information content (AvgIpc) is 3.26. The van der Waals surface area contributed by atoms with Gasteiger partial charge in [-0.1, -0.05) is 11.2 Å². The summed E-state index contributed by atoms with van der Waals surface area (Å²) in [5.74, 6) is -5.00. The number of nitrogen functional groups attached to an aromatic ring is 1. The number of hydrogen-bond donors (Lipinski definition) is 2. The molecule has 6 nitrogen and oxygen atoms in total. The molecule has 4 aromatic rings. The smallest absolute Gasteiger partial charge is 0.416 e. The number of benzene rings is 3. The zero-order valence-electron chi connectivity index (χ0n) is 16.8. The van der Waals surface area contributed by atoms with E-state index < -0.39 is 41.5 Å². The molecule has 0 aliphatic carbocycles. The molecule has 1 heterocycles. The maximum absolute atomic E-state index is 14.1. The van der Waals surface area contributed by atoms with Crippen LogP contribution < -0.4 is 10.5 Å². The molecule has 3 aromatic carbocycles. The number of halogens is 6. The van der Waals surface area contributed by atoms with E-state index in [4.69, 9.17) is 15.0 Å². The van der Waals surface area contributed by atoms with Gasteiger partial charge in [-0.25, -0.2) is 13.2 Å². The molecule has 4 rings (SSSR count). The molecule has 0 fully saturated rings. The molecular weight excluding hydrogens is 468 g/mol. The molecule has 0 aliphatic rings. The molecule has 0 saturated heterocycles. The van der Waals surface area contributed by atoms with Gasteiger partial charge in [-0.05, 0) is 42.5 Å². The van der Waals surface area contributed by atoms with Crippen molar-refractivity contribution in [3.63, 3.8) is 0 Å². The third-order valence-corrected chi connectivity index (χ3v) is 4.75. The Balaban J connectivity index is 1.55. The van der Waals surface area contributed by atoms with E-state index in [1.807, 2.05) is 0 Å². The van der Waals surface area contributed by atoms with Crippen LogP contribution in [0.4, 0.5) is 32.0 Å². The SMILES string of the molecule is Nc1cc(-c2noc(-c3ccc(F)c(O)c3F)n2)ccc1OCc1ccc(F)cc1C(F)(F)F. The molecule has 12 heteroatoms. The van der Waals surface area contributed by atoms with E-state index in [0.29, 0.717) is 11.6 Å². The minimum atomic E-state index is -4.77. The van der Waals surface area contributed by atoms with Gasteiger partial charge in [0.05, 0.1) is 16.8 Å². The number of aromatic hydroxyl groups is 1. The summed E-state index contributed by atoms with van der Waals surface area (Å²) in [4.78, 5) is 3.99. The first-order valence-electron chi connectivity index (χ1n) is 9.44. The minimum absolute atomic E-state index is 0.0186. The van der Waals surface area contributed by atoms with Crippen LogP contribution in [0.2, 0.25) is 0 Å². The number of phenols is 1. The van der Waals surface area contributed by atoms with E-state index in [-0.39, 0.29) is 34.3 Å². The number of alkyl halides is 3. The van der Waals surface area contributed by atoms with E-state index in [9.17, 15) is 31.4 Å². The number of ether oxygens (including phenoxy) is 1. The molecule has 0 saturated carbocycles. The molecule has 176 valence electrons. The van der Waals surface area contributed by atoms with Gasteiger partial charge in [0, 0.05) is 11.1 Å². The number of anilines is 1. The Hall–Kier alpha value is -4.22. The predicted octanol–water partition coefficient (Wildman–Crippen LogP) is 5.71. The van der Waals surface area contributed by atoms with Crippen LogP contribution in [0.15, 0.2) is 53.1 Å². The van der Waals surface area contributed by atoms with Gasteiger partial charge >= 0.3 is 6.18 Å². The summed E-state index contributed by atoms with van der Waals surface area (Å²) in [6, 6.07) is 8.19. The van der Waals surface area contributed by atoms with E-state index in [1.165, 1.54) is 18.2 Å². The van der Waals surface area contributed by atoms with Crippen LogP contribution in [0, 0.1) is 17.5 Å². The fraction of sp³-hybridized carbons (Fsp3) is 0.0909. The largest absolute Gasteiger partial charge is 0.503 e. The molecule has 0 atom stereocenters. The molecular formula is C22H13F6N3O3. The standard InChI is InChI=1S/C22H13F6N3O3/c23-12-3-1-11(14(8-12)22(26,27)28)9-33-17-6-2-10(7-16(17)29)20-30-21(34-31-20)13-4-5-15(24)19(32)18(13)25/h1-8,32H,9,29H2. The van der Waals surface area contributed by atoms with Gasteiger partial charge in [0.15, 0.2) is 17.4 Å². The Labute approximate surface area is 187 Å². The Morgan fingerprint density at radius 2 is 1.76 bits per heavy atom. The zero-order chi connectivity index (χ0) is 24.6. The maximum atomic E-state index is 14.1. The number of rotatable bonds is 5. The van der Waals surface area contributed by atoms with Gasteiger partial charge in [0.2, 0.25) is 5.82 Å². The summed E-state index contributed by atoms with van der Waals surface area (Å²) >= 11 is 0. The van der Waals surface area contributed by atoms with Gasteiger partial charge in [-0.15, -0.1) is 0 Å². The third-order valence-electron chi connectivity index (χ3n) is 4.75. The molecule has 0 unspecified atom stereocenters. The second kappa shape index (κ2) is 8.61. The van der Waals surface area contributed by atoms with E-state index in [1.54, 1.807) is 0 Å². The lowest BCUT2D eigenvalue weighted by molar-refractivity contribution is -0.138. The summed E-state index contributed by atoms with van der Waals surface area (Å²) in [5, 5.41) is 13.1. The van der Waals surface area contributed by atoms with Crippen molar-refractivity contribution in [1.82, 2.24) is 10.1 Å². The number of aromatic nitrogens is 2. The first-order valence-corrected chi connectivity index (χ1v) is 9.44. The monoisotopic (exact) mass is 481 g/mol. The quantitative estimate of drug-likeness (QED) is 0.280. The van der Waals surface area contributed by atoms with Crippen molar-refractivity contribution in [1.29, 1.82) is 0 Å². The van der Waals surface area contributed by atoms with Gasteiger partial charge < -0.3 is 20.1 Å². The normalized spacial score (nSPS) is 11.6. The summed E-state index contributed by atoms with van der Waals surface area (Å²) in [7, 11) is 0. The highest BCUT2D eigenvalue weighted by Gasteiger charge is 2.34. The van der Waals surface area contributed by atoms with Crippen molar-refractivity contribution in [3.05, 3.63) is 77.1 Å². The van der Waals surface area contributed by atoms with Crippen LogP contribution in [0.1, 0.15) is 11.1 Å². The molecule has 1 aromatic heterocycles. The Morgan fingerprint density at radius 1 is 1.00 bits per heavy atom. The highest BCUT2D eigenvalue weighted by Crippen LogP contribution is 2.35. The fourth-order valence-electron chi connectivity index (χ4n) is 3.07. The number of phenolic OH excluding ortho intramolecular Hbond substituents is 1. The Morgan fingerprint density at radius 3 is 2.47 bits per heavy atom. The predicted molar refractivity (Wildman–Crippen MR) is 107 cm³/mol. The Kier molecular flexibility index (Phi) is 5.82. The summed E-state index contributed by atoms with van der Waals surface area (Å²) in [6.07, 6.45) is -4.77. The molecule has 0 amide bonds. The first-order chi connectivity index (χ1) is 16.0. The van der Waals surface area contributed by atoms with E-state index >= 15 is 0 Å². The molecule has 0 radical (unpaired) electrons. The van der Waals surface area contributed by atoms with Crippen molar-refractivity contribution < 1.29 is 40.7 Å². The molecule has 0 spiro atoms. The highest BCUT2D eigenvalue weighted by atomic mass is 19.4. The van der Waals surface area contributed by atoms with Gasteiger partial charge in [-0.2, -0.15) is 18.2 Å². The van der Waals surface area contributed by atoms with Crippen LogP contribution in [0.3, 0.4) is 0 Å². The second-order valence-corrected chi connectivity index (χ2v) is 7.02. The number of hydrogen-bond acceptors (Lipinski definition) is 6. The lowest BCUT2D eigenvalue weighted by Gasteiger charge is -2.15. The van der Waals surface area contributed by atoms with Gasteiger partial charge in [0.1, 0.15) is 18.2 Å². The van der Waals surface area contributed by atoms with Gasteiger partial charge in [-0.3, -0.25) is 0 Å². The van der Waals surface area contributed by atoms with Crippen LogP contribution in [-0.2, 0) is 12.8 Å². The van der Waals surface area contributed by atoms with Crippen molar-refractivity contribution in [2.24, 2.45) is 0 Å². The number of nitrogens with zero attached hydrogens (tertiary/aromatic N) is 2. The molecule has 0 aliphatic heterocycles. The van der Waals surface area contributed by atoms with Crippen molar-refractivity contribution >= 4 is 5.69 Å². The van der Waals surface area contributed by atoms with Crippen LogP contribution in [0.5, 0.6) is 11.5 Å².